The normalized spacial score (nSPS) is 18.1. The molecule has 41 heavy (non-hydrogen) atoms. The van der Waals surface area contributed by atoms with Gasteiger partial charge in [-0.15, -0.1) is 0 Å². The van der Waals surface area contributed by atoms with Crippen LogP contribution in [0.4, 0.5) is 11.6 Å². The Kier molecular flexibility index (Phi) is 9.06. The number of nitrogens with zero attached hydrogens (tertiary/aromatic N) is 4. The van der Waals surface area contributed by atoms with Crippen LogP contribution in [-0.4, -0.2) is 47.0 Å². The van der Waals surface area contributed by atoms with Crippen LogP contribution in [0.1, 0.15) is 70.9 Å². The number of carboxylic acids is 1. The zero-order chi connectivity index (χ0) is 30.0. The molecule has 220 valence electrons. The molecule has 2 aromatic rings. The number of rotatable bonds is 12. The van der Waals surface area contributed by atoms with E-state index in [1.165, 1.54) is 0 Å². The number of carbonyl (C=O) groups is 1. The molecule has 4 heterocycles. The van der Waals surface area contributed by atoms with Gasteiger partial charge in [0.05, 0.1) is 28.3 Å². The molecule has 0 aliphatic carbocycles. The smallest absolute Gasteiger partial charge is 0.327 e. The van der Waals surface area contributed by atoms with Gasteiger partial charge >= 0.3 is 11.8 Å². The third-order valence-corrected chi connectivity index (χ3v) is 8.85. The van der Waals surface area contributed by atoms with Gasteiger partial charge in [0, 0.05) is 35.8 Å². The van der Waals surface area contributed by atoms with Crippen LogP contribution in [0.5, 0.6) is 0 Å². The van der Waals surface area contributed by atoms with Crippen molar-refractivity contribution in [3.05, 3.63) is 70.7 Å². The summed E-state index contributed by atoms with van der Waals surface area (Å²) in [6.07, 6.45) is 12.3. The molecule has 0 aromatic carbocycles. The SMILES string of the molecule is CC1(C)C(=CC=CC2=Nc3c(cc(Cl)c[n+]3CCCCCC(=O)O)C2(C)C)N(CCCS(=O)(=O)O)c2ncccc21. The van der Waals surface area contributed by atoms with Crippen LogP contribution in [0.3, 0.4) is 0 Å². The zero-order valence-corrected chi connectivity index (χ0v) is 25.5. The number of anilines is 1. The molecular formula is C30H38ClN4O5S+. The fourth-order valence-electron chi connectivity index (χ4n) is 5.58. The van der Waals surface area contributed by atoms with E-state index in [0.717, 1.165) is 47.0 Å². The van der Waals surface area contributed by atoms with Crippen molar-refractivity contribution in [3.8, 4) is 0 Å². The number of aliphatic carboxylic acids is 1. The summed E-state index contributed by atoms with van der Waals surface area (Å²) >= 11 is 6.50. The van der Waals surface area contributed by atoms with E-state index in [2.05, 4.69) is 37.2 Å². The molecule has 0 saturated carbocycles. The number of aliphatic imine (C=N–C) groups is 1. The van der Waals surface area contributed by atoms with E-state index >= 15 is 0 Å². The number of fused-ring (bicyclic) bond motifs is 2. The van der Waals surface area contributed by atoms with Crippen molar-refractivity contribution in [1.29, 1.82) is 0 Å². The summed E-state index contributed by atoms with van der Waals surface area (Å²) in [6, 6.07) is 5.89. The Bertz CT molecular complexity index is 1530. The second kappa shape index (κ2) is 12.0. The first-order valence-corrected chi connectivity index (χ1v) is 15.8. The van der Waals surface area contributed by atoms with Gasteiger partial charge in [-0.1, -0.05) is 37.6 Å². The number of allylic oxidation sites excluding steroid dienone is 4. The van der Waals surface area contributed by atoms with E-state index in [-0.39, 0.29) is 29.4 Å². The van der Waals surface area contributed by atoms with Gasteiger partial charge in [0.2, 0.25) is 0 Å². The van der Waals surface area contributed by atoms with Gasteiger partial charge < -0.3 is 10.0 Å². The minimum atomic E-state index is -4.06. The van der Waals surface area contributed by atoms with E-state index in [4.69, 9.17) is 21.7 Å². The molecule has 0 atom stereocenters. The Morgan fingerprint density at radius 3 is 2.59 bits per heavy atom. The number of halogens is 1. The first-order valence-electron chi connectivity index (χ1n) is 13.8. The molecule has 0 unspecified atom stereocenters. The van der Waals surface area contributed by atoms with Crippen molar-refractivity contribution in [2.24, 2.45) is 4.99 Å². The Labute approximate surface area is 247 Å². The molecule has 0 amide bonds. The molecule has 0 fully saturated rings. The molecule has 11 heteroatoms. The number of hydrogen-bond donors (Lipinski definition) is 2. The second-order valence-corrected chi connectivity index (χ2v) is 13.6. The highest BCUT2D eigenvalue weighted by Crippen LogP contribution is 2.46. The zero-order valence-electron chi connectivity index (χ0n) is 24.0. The van der Waals surface area contributed by atoms with Crippen molar-refractivity contribution < 1.29 is 27.4 Å². The average Bonchev–Trinajstić information content (AvgIpc) is 3.25. The highest BCUT2D eigenvalue weighted by atomic mass is 35.5. The van der Waals surface area contributed by atoms with Gasteiger partial charge in [0.25, 0.3) is 10.1 Å². The van der Waals surface area contributed by atoms with Crippen LogP contribution in [-0.2, 0) is 32.3 Å². The van der Waals surface area contributed by atoms with Gasteiger partial charge in [-0.05, 0) is 68.8 Å². The van der Waals surface area contributed by atoms with Crippen molar-refractivity contribution in [2.75, 3.05) is 17.2 Å². The minimum absolute atomic E-state index is 0.171. The lowest BCUT2D eigenvalue weighted by atomic mass is 9.82. The maximum Gasteiger partial charge on any atom is 0.327 e. The number of pyridine rings is 2. The van der Waals surface area contributed by atoms with E-state index in [0.29, 0.717) is 24.5 Å². The first kappa shape index (κ1) is 30.9. The van der Waals surface area contributed by atoms with Gasteiger partial charge in [0.1, 0.15) is 12.0 Å². The number of unbranched alkanes of at least 4 members (excludes halogenated alkanes) is 2. The van der Waals surface area contributed by atoms with Gasteiger partial charge in [0.15, 0.2) is 5.71 Å². The Hall–Kier alpha value is -3.08. The van der Waals surface area contributed by atoms with Crippen molar-refractivity contribution in [2.45, 2.75) is 77.2 Å². The summed E-state index contributed by atoms with van der Waals surface area (Å²) in [4.78, 5) is 22.4. The quantitative estimate of drug-likeness (QED) is 0.186. The molecule has 0 radical (unpaired) electrons. The Balaban J connectivity index is 1.59. The van der Waals surface area contributed by atoms with E-state index < -0.39 is 16.1 Å². The highest BCUT2D eigenvalue weighted by molar-refractivity contribution is 7.85. The van der Waals surface area contributed by atoms with Gasteiger partial charge in [-0.25, -0.2) is 9.55 Å². The number of aryl methyl sites for hydroxylation is 1. The summed E-state index contributed by atoms with van der Waals surface area (Å²) in [5.41, 5.74) is 3.20. The lowest BCUT2D eigenvalue weighted by Gasteiger charge is -2.26. The van der Waals surface area contributed by atoms with Gasteiger partial charge in [-0.3, -0.25) is 9.35 Å². The number of carboxylic acid groups (broad SMARTS) is 1. The fraction of sp³-hybridized carbons (Fsp3) is 0.467. The molecule has 4 rings (SSSR count). The molecule has 0 bridgehead atoms. The molecule has 9 nitrogen and oxygen atoms in total. The maximum absolute atomic E-state index is 11.3. The van der Waals surface area contributed by atoms with Crippen molar-refractivity contribution in [1.82, 2.24) is 4.98 Å². The van der Waals surface area contributed by atoms with E-state index in [9.17, 15) is 17.8 Å². The maximum atomic E-state index is 11.3. The molecule has 2 aliphatic rings. The van der Waals surface area contributed by atoms with Crippen molar-refractivity contribution >= 4 is 45.0 Å². The molecular weight excluding hydrogens is 564 g/mol. The summed E-state index contributed by atoms with van der Waals surface area (Å²) < 4.78 is 34.0. The van der Waals surface area contributed by atoms with Crippen LogP contribution in [0.25, 0.3) is 0 Å². The molecule has 0 saturated heterocycles. The highest BCUT2D eigenvalue weighted by Gasteiger charge is 2.43. The van der Waals surface area contributed by atoms with Crippen molar-refractivity contribution in [3.63, 3.8) is 0 Å². The molecule has 2 N–H and O–H groups in total. The largest absolute Gasteiger partial charge is 0.481 e. The fourth-order valence-corrected chi connectivity index (χ4v) is 6.30. The van der Waals surface area contributed by atoms with Crippen LogP contribution < -0.4 is 9.47 Å². The predicted molar refractivity (Wildman–Crippen MR) is 161 cm³/mol. The topological polar surface area (TPSA) is 124 Å². The predicted octanol–water partition coefficient (Wildman–Crippen LogP) is 5.55. The second-order valence-electron chi connectivity index (χ2n) is 11.6. The third kappa shape index (κ3) is 6.88. The minimum Gasteiger partial charge on any atom is -0.481 e. The number of aromatic nitrogens is 2. The van der Waals surface area contributed by atoms with E-state index in [1.54, 1.807) is 6.20 Å². The monoisotopic (exact) mass is 601 g/mol. The van der Waals surface area contributed by atoms with E-state index in [1.807, 2.05) is 47.5 Å². The summed E-state index contributed by atoms with van der Waals surface area (Å²) in [6.45, 7) is 9.55. The number of hydrogen-bond acceptors (Lipinski definition) is 6. The summed E-state index contributed by atoms with van der Waals surface area (Å²) in [7, 11) is -4.06. The van der Waals surface area contributed by atoms with Gasteiger partial charge in [-0.2, -0.15) is 8.42 Å². The molecule has 0 spiro atoms. The average molecular weight is 602 g/mol. The standard InChI is InChI=1S/C30H37ClN4O5S/c1-29(2)23-19-21(31)20-34(16-7-5-6-14-26(36)37)28(23)33-24(29)12-8-13-25-30(3,4)22-11-9-15-32-27(22)35(25)17-10-18-41(38,39)40/h8-9,11-13,15,19-20H,5-7,10,14,16-18H2,1-4H3,(H-,36,37,38,39,40)/p+1. The summed E-state index contributed by atoms with van der Waals surface area (Å²) in [5, 5.41) is 9.52. The van der Waals surface area contributed by atoms with Crippen LogP contribution in [0, 0.1) is 0 Å². The van der Waals surface area contributed by atoms with Crippen LogP contribution >= 0.6 is 11.6 Å². The molecule has 2 aliphatic heterocycles. The Morgan fingerprint density at radius 1 is 1.12 bits per heavy atom. The lowest BCUT2D eigenvalue weighted by Crippen LogP contribution is -2.35. The first-order chi connectivity index (χ1) is 19.2. The van der Waals surface area contributed by atoms with Crippen LogP contribution in [0.15, 0.2) is 59.5 Å². The third-order valence-electron chi connectivity index (χ3n) is 7.84. The lowest BCUT2D eigenvalue weighted by molar-refractivity contribution is -0.684. The van der Waals surface area contributed by atoms with Crippen LogP contribution in [0.2, 0.25) is 5.02 Å². The summed E-state index contributed by atoms with van der Waals surface area (Å²) in [5.74, 6) is 0.550. The molecule has 2 aromatic heterocycles. The Morgan fingerprint density at radius 2 is 1.88 bits per heavy atom.